The Hall–Kier alpha value is -3.68. The van der Waals surface area contributed by atoms with Crippen LogP contribution in [0.3, 0.4) is 0 Å². The van der Waals surface area contributed by atoms with Crippen LogP contribution in [0.5, 0.6) is 5.75 Å². The molecule has 170 valence electrons. The number of hydrogen-bond acceptors (Lipinski definition) is 6. The fourth-order valence-electron chi connectivity index (χ4n) is 3.25. The molecule has 0 aliphatic heterocycles. The number of hydrogen-bond donors (Lipinski definition) is 2. The number of carboxylic acids is 1. The van der Waals surface area contributed by atoms with Crippen LogP contribution in [0.2, 0.25) is 0 Å². The van der Waals surface area contributed by atoms with E-state index in [0.717, 1.165) is 33.6 Å². The van der Waals surface area contributed by atoms with Gasteiger partial charge < -0.3 is 19.7 Å². The van der Waals surface area contributed by atoms with E-state index in [-0.39, 0.29) is 18.8 Å². The van der Waals surface area contributed by atoms with Crippen LogP contribution in [-0.4, -0.2) is 34.9 Å². The summed E-state index contributed by atoms with van der Waals surface area (Å²) in [4.78, 5) is 15.1. The Balaban J connectivity index is 0.00000306. The van der Waals surface area contributed by atoms with E-state index in [4.69, 9.17) is 14.4 Å². The van der Waals surface area contributed by atoms with Gasteiger partial charge in [0.2, 0.25) is 5.82 Å². The number of benzene rings is 3. The van der Waals surface area contributed by atoms with Gasteiger partial charge in [-0.15, -0.1) is 12.4 Å². The SMILES string of the molecule is COc1ccc(-c2ccc(-c3nc(-c4ccc(CNCCC(=O)O)cc4)no3)cc2)cc1.Cl. The Morgan fingerprint density at radius 1 is 0.909 bits per heavy atom. The van der Waals surface area contributed by atoms with Crippen LogP contribution in [0.4, 0.5) is 0 Å². The van der Waals surface area contributed by atoms with Gasteiger partial charge in [-0.1, -0.05) is 53.7 Å². The van der Waals surface area contributed by atoms with Gasteiger partial charge >= 0.3 is 5.97 Å². The molecule has 0 atom stereocenters. The van der Waals surface area contributed by atoms with Crippen LogP contribution in [-0.2, 0) is 11.3 Å². The molecule has 4 rings (SSSR count). The molecule has 1 heterocycles. The molecule has 8 heteroatoms. The third-order valence-corrected chi connectivity index (χ3v) is 5.04. The van der Waals surface area contributed by atoms with Crippen LogP contribution in [0, 0.1) is 0 Å². The minimum Gasteiger partial charge on any atom is -0.497 e. The van der Waals surface area contributed by atoms with Crippen molar-refractivity contribution in [3.05, 3.63) is 78.4 Å². The molecule has 0 unspecified atom stereocenters. The highest BCUT2D eigenvalue weighted by Crippen LogP contribution is 2.27. The first-order chi connectivity index (χ1) is 15.6. The largest absolute Gasteiger partial charge is 0.497 e. The number of carbonyl (C=O) groups is 1. The molecule has 1 aromatic heterocycles. The summed E-state index contributed by atoms with van der Waals surface area (Å²) in [6, 6.07) is 23.6. The molecule has 0 aliphatic carbocycles. The Kier molecular flexibility index (Phi) is 8.18. The summed E-state index contributed by atoms with van der Waals surface area (Å²) in [5.74, 6) is 0.993. The molecule has 0 amide bonds. The summed E-state index contributed by atoms with van der Waals surface area (Å²) in [6.07, 6.45) is 0.102. The molecule has 2 N–H and O–H groups in total. The smallest absolute Gasteiger partial charge is 0.304 e. The van der Waals surface area contributed by atoms with Crippen molar-refractivity contribution in [2.24, 2.45) is 0 Å². The van der Waals surface area contributed by atoms with Crippen LogP contribution in [0.25, 0.3) is 34.0 Å². The number of aliphatic carboxylic acids is 1. The molecule has 0 aliphatic rings. The minimum absolute atomic E-state index is 0. The second-order valence-electron chi connectivity index (χ2n) is 7.25. The second-order valence-corrected chi connectivity index (χ2v) is 7.25. The Morgan fingerprint density at radius 2 is 1.48 bits per heavy atom. The van der Waals surface area contributed by atoms with Crippen LogP contribution >= 0.6 is 12.4 Å². The van der Waals surface area contributed by atoms with Crippen molar-refractivity contribution in [3.63, 3.8) is 0 Å². The van der Waals surface area contributed by atoms with Gasteiger partial charge in [-0.05, 0) is 41.0 Å². The van der Waals surface area contributed by atoms with Crippen LogP contribution in [0.15, 0.2) is 77.3 Å². The van der Waals surface area contributed by atoms with E-state index in [9.17, 15) is 4.79 Å². The number of nitrogens with one attached hydrogen (secondary N) is 1. The fourth-order valence-corrected chi connectivity index (χ4v) is 3.25. The van der Waals surface area contributed by atoms with E-state index < -0.39 is 5.97 Å². The quantitative estimate of drug-likeness (QED) is 0.333. The first-order valence-electron chi connectivity index (χ1n) is 10.2. The zero-order valence-electron chi connectivity index (χ0n) is 18.0. The normalized spacial score (nSPS) is 10.5. The standard InChI is InChI=1S/C25H23N3O4.ClH/c1-31-22-12-10-19(11-13-22)18-6-8-21(9-7-18)25-27-24(28-32-25)20-4-2-17(3-5-20)16-26-15-14-23(29)30;/h2-13,26H,14-16H2,1H3,(H,29,30);1H. The van der Waals surface area contributed by atoms with Gasteiger partial charge in [-0.2, -0.15) is 4.98 Å². The first kappa shape index (κ1) is 24.0. The van der Waals surface area contributed by atoms with E-state index in [1.54, 1.807) is 7.11 Å². The zero-order chi connectivity index (χ0) is 22.3. The van der Waals surface area contributed by atoms with Gasteiger partial charge in [0, 0.05) is 24.2 Å². The van der Waals surface area contributed by atoms with Gasteiger partial charge in [0.25, 0.3) is 5.89 Å². The molecule has 7 nitrogen and oxygen atoms in total. The maximum Gasteiger partial charge on any atom is 0.304 e. The molecule has 0 saturated heterocycles. The zero-order valence-corrected chi connectivity index (χ0v) is 18.8. The lowest BCUT2D eigenvalue weighted by Gasteiger charge is -2.04. The highest BCUT2D eigenvalue weighted by Gasteiger charge is 2.11. The van der Waals surface area contributed by atoms with Crippen molar-refractivity contribution < 1.29 is 19.2 Å². The van der Waals surface area contributed by atoms with E-state index in [2.05, 4.69) is 15.5 Å². The van der Waals surface area contributed by atoms with Crippen LogP contribution < -0.4 is 10.1 Å². The Morgan fingerprint density at radius 3 is 2.09 bits per heavy atom. The predicted molar refractivity (Wildman–Crippen MR) is 128 cm³/mol. The molecule has 0 fully saturated rings. The number of rotatable bonds is 9. The topological polar surface area (TPSA) is 97.5 Å². The molecule has 4 aromatic rings. The number of aromatic nitrogens is 2. The molecule has 3 aromatic carbocycles. The first-order valence-corrected chi connectivity index (χ1v) is 10.2. The van der Waals surface area contributed by atoms with Gasteiger partial charge in [-0.25, -0.2) is 0 Å². The summed E-state index contributed by atoms with van der Waals surface area (Å²) < 4.78 is 10.7. The van der Waals surface area contributed by atoms with Crippen molar-refractivity contribution in [2.45, 2.75) is 13.0 Å². The maximum absolute atomic E-state index is 10.6. The molecular formula is C25H24ClN3O4. The lowest BCUT2D eigenvalue weighted by atomic mass is 10.0. The second kappa shape index (κ2) is 11.3. The van der Waals surface area contributed by atoms with E-state index in [1.165, 1.54) is 0 Å². The van der Waals surface area contributed by atoms with Crippen molar-refractivity contribution >= 4 is 18.4 Å². The minimum atomic E-state index is -0.809. The lowest BCUT2D eigenvalue weighted by molar-refractivity contribution is -0.136. The third kappa shape index (κ3) is 6.19. The van der Waals surface area contributed by atoms with Crippen molar-refractivity contribution in [1.29, 1.82) is 0 Å². The summed E-state index contributed by atoms with van der Waals surface area (Å²) in [7, 11) is 1.65. The van der Waals surface area contributed by atoms with E-state index >= 15 is 0 Å². The van der Waals surface area contributed by atoms with E-state index in [0.29, 0.717) is 24.8 Å². The van der Waals surface area contributed by atoms with Gasteiger partial charge in [0.15, 0.2) is 0 Å². The number of ether oxygens (including phenoxy) is 1. The third-order valence-electron chi connectivity index (χ3n) is 5.04. The number of nitrogens with zero attached hydrogens (tertiary/aromatic N) is 2. The molecule has 0 spiro atoms. The number of carboxylic acid groups (broad SMARTS) is 1. The van der Waals surface area contributed by atoms with Gasteiger partial charge in [-0.3, -0.25) is 4.79 Å². The molecule has 0 saturated carbocycles. The number of methoxy groups -OCH3 is 1. The average Bonchev–Trinajstić information content (AvgIpc) is 3.33. The molecule has 33 heavy (non-hydrogen) atoms. The molecule has 0 radical (unpaired) electrons. The van der Waals surface area contributed by atoms with Gasteiger partial charge in [0.1, 0.15) is 5.75 Å². The summed E-state index contributed by atoms with van der Waals surface area (Å²) >= 11 is 0. The monoisotopic (exact) mass is 465 g/mol. The summed E-state index contributed by atoms with van der Waals surface area (Å²) in [5, 5.41) is 15.9. The molecule has 0 bridgehead atoms. The van der Waals surface area contributed by atoms with Crippen molar-refractivity contribution in [3.8, 4) is 39.7 Å². The summed E-state index contributed by atoms with van der Waals surface area (Å²) in [6.45, 7) is 1.04. The average molecular weight is 466 g/mol. The predicted octanol–water partition coefficient (Wildman–Crippen LogP) is 5.07. The molecular weight excluding hydrogens is 442 g/mol. The maximum atomic E-state index is 10.6. The lowest BCUT2D eigenvalue weighted by Crippen LogP contribution is -2.17. The van der Waals surface area contributed by atoms with E-state index in [1.807, 2.05) is 72.8 Å². The Bertz CT molecular complexity index is 1170. The highest BCUT2D eigenvalue weighted by molar-refractivity contribution is 5.85. The highest BCUT2D eigenvalue weighted by atomic mass is 35.5. The fraction of sp³-hybridized carbons (Fsp3) is 0.160. The van der Waals surface area contributed by atoms with Crippen molar-refractivity contribution in [2.75, 3.05) is 13.7 Å². The van der Waals surface area contributed by atoms with Gasteiger partial charge in [0.05, 0.1) is 13.5 Å². The van der Waals surface area contributed by atoms with Crippen molar-refractivity contribution in [1.82, 2.24) is 15.5 Å². The Labute approximate surface area is 197 Å². The summed E-state index contributed by atoms with van der Waals surface area (Å²) in [5.41, 5.74) is 4.94. The van der Waals surface area contributed by atoms with Crippen LogP contribution in [0.1, 0.15) is 12.0 Å². The number of halogens is 1.